The van der Waals surface area contributed by atoms with Gasteiger partial charge in [-0.3, -0.25) is 4.79 Å². The fourth-order valence-electron chi connectivity index (χ4n) is 2.93. The van der Waals surface area contributed by atoms with Gasteiger partial charge in [0.05, 0.1) is 6.26 Å². The Morgan fingerprint density at radius 1 is 0.923 bits per heavy atom. The molecule has 2 aromatic rings. The van der Waals surface area contributed by atoms with Gasteiger partial charge in [-0.25, -0.2) is 8.42 Å². The van der Waals surface area contributed by atoms with Crippen LogP contribution in [0.4, 0.5) is 0 Å². The highest BCUT2D eigenvalue weighted by molar-refractivity contribution is 8.00. The number of benzene rings is 2. The Hall–Kier alpha value is -1.83. The highest BCUT2D eigenvalue weighted by Crippen LogP contribution is 2.36. The molecule has 0 N–H and O–H groups in total. The van der Waals surface area contributed by atoms with Crippen molar-refractivity contribution in [3.05, 3.63) is 66.2 Å². The summed E-state index contributed by atoms with van der Waals surface area (Å²) < 4.78 is 24.8. The highest BCUT2D eigenvalue weighted by atomic mass is 32.2. The molecule has 0 bridgehead atoms. The molecule has 0 unspecified atom stereocenters. The van der Waals surface area contributed by atoms with Crippen LogP contribution in [0, 0.1) is 0 Å². The first-order valence-electron chi connectivity index (χ1n) is 8.46. The van der Waals surface area contributed by atoms with Crippen molar-refractivity contribution in [3.63, 3.8) is 0 Å². The third kappa shape index (κ3) is 4.66. The second-order valence-corrected chi connectivity index (χ2v) is 9.37. The maximum absolute atomic E-state index is 13.2. The zero-order valence-corrected chi connectivity index (χ0v) is 16.2. The Balaban J connectivity index is 1.78. The van der Waals surface area contributed by atoms with Crippen LogP contribution in [0.3, 0.4) is 0 Å². The number of piperazine rings is 1. The zero-order chi connectivity index (χ0) is 18.6. The van der Waals surface area contributed by atoms with Crippen LogP contribution in [0.1, 0.15) is 10.8 Å². The average Bonchev–Trinajstić information content (AvgIpc) is 2.66. The SMILES string of the molecule is CS(=O)(=O)N1CCN(C(=O)[C@H](Sc2ccccc2)c2ccccc2)CC1. The van der Waals surface area contributed by atoms with Gasteiger partial charge in [0.15, 0.2) is 0 Å². The third-order valence-electron chi connectivity index (χ3n) is 4.34. The van der Waals surface area contributed by atoms with Gasteiger partial charge >= 0.3 is 0 Å². The first kappa shape index (κ1) is 18.9. The van der Waals surface area contributed by atoms with Crippen LogP contribution in [0.15, 0.2) is 65.6 Å². The van der Waals surface area contributed by atoms with Gasteiger partial charge in [-0.1, -0.05) is 48.5 Å². The third-order valence-corrected chi connectivity index (χ3v) is 6.90. The number of amides is 1. The van der Waals surface area contributed by atoms with Gasteiger partial charge in [-0.15, -0.1) is 11.8 Å². The molecule has 1 aliphatic heterocycles. The van der Waals surface area contributed by atoms with E-state index in [1.165, 1.54) is 22.3 Å². The Kier molecular flexibility index (Phi) is 6.01. The van der Waals surface area contributed by atoms with Gasteiger partial charge in [0.1, 0.15) is 5.25 Å². The molecular formula is C19H22N2O3S2. The predicted octanol–water partition coefficient (Wildman–Crippen LogP) is 2.62. The van der Waals surface area contributed by atoms with Crippen molar-refractivity contribution < 1.29 is 13.2 Å². The van der Waals surface area contributed by atoms with Crippen molar-refractivity contribution in [2.45, 2.75) is 10.1 Å². The number of hydrogen-bond donors (Lipinski definition) is 0. The van der Waals surface area contributed by atoms with Crippen molar-refractivity contribution in [1.82, 2.24) is 9.21 Å². The Labute approximate surface area is 159 Å². The fourth-order valence-corrected chi connectivity index (χ4v) is 4.89. The van der Waals surface area contributed by atoms with Gasteiger partial charge in [0.25, 0.3) is 0 Å². The molecule has 26 heavy (non-hydrogen) atoms. The molecule has 138 valence electrons. The van der Waals surface area contributed by atoms with Crippen molar-refractivity contribution in [2.75, 3.05) is 32.4 Å². The van der Waals surface area contributed by atoms with Gasteiger partial charge < -0.3 is 4.90 Å². The largest absolute Gasteiger partial charge is 0.339 e. The second kappa shape index (κ2) is 8.24. The van der Waals surface area contributed by atoms with Crippen LogP contribution in [0.25, 0.3) is 0 Å². The number of carbonyl (C=O) groups is 1. The predicted molar refractivity (Wildman–Crippen MR) is 104 cm³/mol. The van der Waals surface area contributed by atoms with Crippen molar-refractivity contribution >= 4 is 27.7 Å². The summed E-state index contributed by atoms with van der Waals surface area (Å²) in [6.45, 7) is 1.54. The summed E-state index contributed by atoms with van der Waals surface area (Å²) in [7, 11) is -3.21. The van der Waals surface area contributed by atoms with E-state index in [1.54, 1.807) is 4.90 Å². The van der Waals surface area contributed by atoms with E-state index in [1.807, 2.05) is 60.7 Å². The molecule has 7 heteroatoms. The van der Waals surface area contributed by atoms with Crippen LogP contribution < -0.4 is 0 Å². The molecule has 2 aromatic carbocycles. The van der Waals surface area contributed by atoms with Gasteiger partial charge in [0.2, 0.25) is 15.9 Å². The lowest BCUT2D eigenvalue weighted by Crippen LogP contribution is -2.51. The monoisotopic (exact) mass is 390 g/mol. The van der Waals surface area contributed by atoms with E-state index in [9.17, 15) is 13.2 Å². The number of thioether (sulfide) groups is 1. The molecular weight excluding hydrogens is 368 g/mol. The maximum Gasteiger partial charge on any atom is 0.240 e. The molecule has 1 aliphatic rings. The topological polar surface area (TPSA) is 57.7 Å². The van der Waals surface area contributed by atoms with E-state index < -0.39 is 10.0 Å². The van der Waals surface area contributed by atoms with E-state index in [0.29, 0.717) is 26.2 Å². The molecule has 5 nitrogen and oxygen atoms in total. The Morgan fingerprint density at radius 2 is 1.46 bits per heavy atom. The quantitative estimate of drug-likeness (QED) is 0.737. The number of nitrogens with zero attached hydrogens (tertiary/aromatic N) is 2. The van der Waals surface area contributed by atoms with Crippen LogP contribution in [-0.4, -0.2) is 56.0 Å². The first-order chi connectivity index (χ1) is 12.4. The van der Waals surface area contributed by atoms with Crippen LogP contribution in [0.2, 0.25) is 0 Å². The minimum absolute atomic E-state index is 0.0261. The highest BCUT2D eigenvalue weighted by Gasteiger charge is 2.31. The van der Waals surface area contributed by atoms with Crippen molar-refractivity contribution in [3.8, 4) is 0 Å². The number of rotatable bonds is 5. The zero-order valence-electron chi connectivity index (χ0n) is 14.6. The minimum atomic E-state index is -3.21. The summed E-state index contributed by atoms with van der Waals surface area (Å²) in [4.78, 5) is 16.0. The molecule has 0 aromatic heterocycles. The lowest BCUT2D eigenvalue weighted by molar-refractivity contribution is -0.131. The average molecular weight is 391 g/mol. The van der Waals surface area contributed by atoms with Crippen LogP contribution in [0.5, 0.6) is 0 Å². The molecule has 1 heterocycles. The van der Waals surface area contributed by atoms with E-state index in [0.717, 1.165) is 10.5 Å². The first-order valence-corrected chi connectivity index (χ1v) is 11.2. The van der Waals surface area contributed by atoms with E-state index >= 15 is 0 Å². The minimum Gasteiger partial charge on any atom is -0.339 e. The normalized spacial score (nSPS) is 17.0. The summed E-state index contributed by atoms with van der Waals surface area (Å²) >= 11 is 1.53. The van der Waals surface area contributed by atoms with E-state index in [-0.39, 0.29) is 11.2 Å². The van der Waals surface area contributed by atoms with Gasteiger partial charge in [-0.2, -0.15) is 4.31 Å². The fraction of sp³-hybridized carbons (Fsp3) is 0.316. The molecule has 1 saturated heterocycles. The van der Waals surface area contributed by atoms with Gasteiger partial charge in [0, 0.05) is 31.1 Å². The standard InChI is InChI=1S/C19H22N2O3S2/c1-26(23,24)21-14-12-20(13-15-21)19(22)18(16-8-4-2-5-9-16)25-17-10-6-3-7-11-17/h2-11,18H,12-15H2,1H3/t18-/m1/s1. The lowest BCUT2D eigenvalue weighted by Gasteiger charge is -2.35. The van der Waals surface area contributed by atoms with Crippen molar-refractivity contribution in [2.24, 2.45) is 0 Å². The summed E-state index contributed by atoms with van der Waals surface area (Å²) in [5.41, 5.74) is 0.955. The number of hydrogen-bond acceptors (Lipinski definition) is 4. The molecule has 0 spiro atoms. The van der Waals surface area contributed by atoms with E-state index in [2.05, 4.69) is 0 Å². The van der Waals surface area contributed by atoms with E-state index in [4.69, 9.17) is 0 Å². The molecule has 3 rings (SSSR count). The smallest absolute Gasteiger partial charge is 0.240 e. The Bertz CT molecular complexity index is 834. The number of carbonyl (C=O) groups excluding carboxylic acids is 1. The maximum atomic E-state index is 13.2. The summed E-state index contributed by atoms with van der Waals surface area (Å²) in [6.07, 6.45) is 1.21. The number of sulfonamides is 1. The molecule has 0 saturated carbocycles. The summed E-state index contributed by atoms with van der Waals surface area (Å²) in [6, 6.07) is 19.6. The molecule has 1 atom stereocenters. The molecule has 0 radical (unpaired) electrons. The second-order valence-electron chi connectivity index (χ2n) is 6.21. The molecule has 1 fully saturated rings. The lowest BCUT2D eigenvalue weighted by atomic mass is 10.1. The molecule has 0 aliphatic carbocycles. The van der Waals surface area contributed by atoms with Gasteiger partial charge in [-0.05, 0) is 17.7 Å². The van der Waals surface area contributed by atoms with Crippen LogP contribution >= 0.6 is 11.8 Å². The van der Waals surface area contributed by atoms with Crippen molar-refractivity contribution in [1.29, 1.82) is 0 Å². The van der Waals surface area contributed by atoms with Crippen LogP contribution in [-0.2, 0) is 14.8 Å². The summed E-state index contributed by atoms with van der Waals surface area (Å²) in [5, 5.41) is -0.344. The molecule has 1 amide bonds. The summed E-state index contributed by atoms with van der Waals surface area (Å²) in [5.74, 6) is 0.0261. The Morgan fingerprint density at radius 3 is 2.00 bits per heavy atom.